The van der Waals surface area contributed by atoms with Gasteiger partial charge in [-0.05, 0) is 54.3 Å². The molecule has 1 aromatic heterocycles. The smallest absolute Gasteiger partial charge is 0.173 e. The summed E-state index contributed by atoms with van der Waals surface area (Å²) in [5, 5.41) is 33.5. The highest BCUT2D eigenvalue weighted by Crippen LogP contribution is 2.31. The van der Waals surface area contributed by atoms with E-state index >= 15 is 0 Å². The number of aromatic nitrogens is 4. The highest BCUT2D eigenvalue weighted by Gasteiger charge is 2.32. The van der Waals surface area contributed by atoms with E-state index in [1.165, 1.54) is 19.3 Å². The van der Waals surface area contributed by atoms with Gasteiger partial charge < -0.3 is 5.21 Å². The Morgan fingerprint density at radius 3 is 2.50 bits per heavy atom. The zero-order valence-corrected chi connectivity index (χ0v) is 20.8. The zero-order chi connectivity index (χ0) is 24.9. The van der Waals surface area contributed by atoms with Crippen LogP contribution in [0, 0.1) is 5.41 Å². The van der Waals surface area contributed by atoms with Crippen molar-refractivity contribution in [1.29, 1.82) is 5.41 Å². The molecule has 2 aromatic carbocycles. The predicted molar refractivity (Wildman–Crippen MR) is 139 cm³/mol. The van der Waals surface area contributed by atoms with Gasteiger partial charge in [0.05, 0.1) is 18.3 Å². The SMILES string of the molecule is C/C(=N/O)C(=N)c1ccc(C(c2nnnn2Cc2ccccc2)N2CCCN(C3CCC3)CC2)cc1. The van der Waals surface area contributed by atoms with Crippen LogP contribution in [0.3, 0.4) is 0 Å². The van der Waals surface area contributed by atoms with Gasteiger partial charge in [0.1, 0.15) is 5.71 Å². The first kappa shape index (κ1) is 24.3. The molecule has 1 unspecified atom stereocenters. The molecule has 0 spiro atoms. The summed E-state index contributed by atoms with van der Waals surface area (Å²) in [6.45, 7) is 6.35. The minimum absolute atomic E-state index is 0.0964. The van der Waals surface area contributed by atoms with E-state index in [1.807, 2.05) is 35.0 Å². The molecule has 9 heteroatoms. The van der Waals surface area contributed by atoms with Crippen LogP contribution in [0.5, 0.6) is 0 Å². The lowest BCUT2D eigenvalue weighted by Gasteiger charge is -2.37. The number of tetrazole rings is 1. The van der Waals surface area contributed by atoms with E-state index in [-0.39, 0.29) is 17.5 Å². The minimum atomic E-state index is -0.0964. The molecule has 1 aliphatic heterocycles. The second-order valence-electron chi connectivity index (χ2n) is 9.78. The molecule has 36 heavy (non-hydrogen) atoms. The van der Waals surface area contributed by atoms with E-state index < -0.39 is 0 Å². The Balaban J connectivity index is 1.46. The molecule has 9 nitrogen and oxygen atoms in total. The molecule has 1 aliphatic carbocycles. The number of nitrogens with zero attached hydrogens (tertiary/aromatic N) is 7. The fourth-order valence-electron chi connectivity index (χ4n) is 5.22. The van der Waals surface area contributed by atoms with Gasteiger partial charge >= 0.3 is 0 Å². The first-order valence-electron chi connectivity index (χ1n) is 12.8. The molecule has 2 N–H and O–H groups in total. The van der Waals surface area contributed by atoms with E-state index in [2.05, 4.69) is 54.7 Å². The van der Waals surface area contributed by atoms with Gasteiger partial charge in [0, 0.05) is 31.2 Å². The van der Waals surface area contributed by atoms with Crippen molar-refractivity contribution in [2.45, 2.75) is 51.2 Å². The van der Waals surface area contributed by atoms with E-state index in [1.54, 1.807) is 6.92 Å². The average molecular weight is 487 g/mol. The second-order valence-corrected chi connectivity index (χ2v) is 9.78. The Labute approximate surface area is 211 Å². The van der Waals surface area contributed by atoms with Crippen molar-refractivity contribution >= 4 is 11.4 Å². The summed E-state index contributed by atoms with van der Waals surface area (Å²) in [6.07, 6.45) is 5.11. The molecule has 2 fully saturated rings. The van der Waals surface area contributed by atoms with Gasteiger partial charge in [0.25, 0.3) is 0 Å². The predicted octanol–water partition coefficient (Wildman–Crippen LogP) is 3.59. The Morgan fingerprint density at radius 2 is 1.81 bits per heavy atom. The molecule has 5 rings (SSSR count). The van der Waals surface area contributed by atoms with E-state index in [9.17, 15) is 0 Å². The van der Waals surface area contributed by atoms with Gasteiger partial charge in [-0.1, -0.05) is 66.2 Å². The van der Waals surface area contributed by atoms with Crippen LogP contribution in [0.2, 0.25) is 0 Å². The summed E-state index contributed by atoms with van der Waals surface area (Å²) >= 11 is 0. The van der Waals surface area contributed by atoms with E-state index in [4.69, 9.17) is 10.6 Å². The van der Waals surface area contributed by atoms with Crippen molar-refractivity contribution in [1.82, 2.24) is 30.0 Å². The molecule has 2 heterocycles. The lowest BCUT2D eigenvalue weighted by atomic mass is 9.91. The van der Waals surface area contributed by atoms with E-state index in [0.717, 1.165) is 55.6 Å². The van der Waals surface area contributed by atoms with Crippen molar-refractivity contribution in [3.05, 3.63) is 77.1 Å². The van der Waals surface area contributed by atoms with Gasteiger partial charge in [-0.25, -0.2) is 4.68 Å². The maximum atomic E-state index is 9.08. The number of benzene rings is 2. The quantitative estimate of drug-likeness (QED) is 0.286. The van der Waals surface area contributed by atoms with Crippen LogP contribution < -0.4 is 0 Å². The van der Waals surface area contributed by atoms with Gasteiger partial charge in [-0.15, -0.1) is 5.10 Å². The lowest BCUT2D eigenvalue weighted by Crippen LogP contribution is -2.42. The summed E-state index contributed by atoms with van der Waals surface area (Å²) in [7, 11) is 0. The van der Waals surface area contributed by atoms with Gasteiger partial charge in [0.15, 0.2) is 5.82 Å². The monoisotopic (exact) mass is 486 g/mol. The van der Waals surface area contributed by atoms with Crippen LogP contribution in [0.15, 0.2) is 59.8 Å². The molecule has 1 saturated carbocycles. The summed E-state index contributed by atoms with van der Waals surface area (Å²) in [6, 6.07) is 18.9. The van der Waals surface area contributed by atoms with Gasteiger partial charge in [-0.3, -0.25) is 15.2 Å². The topological polar surface area (TPSA) is 107 Å². The number of rotatable bonds is 8. The Bertz CT molecular complexity index is 1190. The van der Waals surface area contributed by atoms with Crippen LogP contribution >= 0.6 is 0 Å². The van der Waals surface area contributed by atoms with Crippen molar-refractivity contribution in [3.63, 3.8) is 0 Å². The number of oxime groups is 1. The Hall–Kier alpha value is -3.43. The third-order valence-corrected chi connectivity index (χ3v) is 7.53. The molecule has 1 saturated heterocycles. The van der Waals surface area contributed by atoms with Crippen LogP contribution in [-0.2, 0) is 6.54 Å². The lowest BCUT2D eigenvalue weighted by molar-refractivity contribution is 0.127. The minimum Gasteiger partial charge on any atom is -0.411 e. The normalized spacial score (nSPS) is 19.0. The van der Waals surface area contributed by atoms with E-state index in [0.29, 0.717) is 12.1 Å². The third kappa shape index (κ3) is 5.22. The van der Waals surface area contributed by atoms with Crippen molar-refractivity contribution < 1.29 is 5.21 Å². The maximum Gasteiger partial charge on any atom is 0.173 e. The van der Waals surface area contributed by atoms with Crippen LogP contribution in [0.25, 0.3) is 0 Å². The molecular formula is C27H34N8O. The fraction of sp³-hybridized carbons (Fsp3) is 0.444. The average Bonchev–Trinajstić information content (AvgIpc) is 3.19. The van der Waals surface area contributed by atoms with Crippen molar-refractivity contribution in [3.8, 4) is 0 Å². The molecule has 0 bridgehead atoms. The van der Waals surface area contributed by atoms with Crippen LogP contribution in [-0.4, -0.2) is 78.9 Å². The van der Waals surface area contributed by atoms with Crippen molar-refractivity contribution in [2.75, 3.05) is 26.2 Å². The first-order valence-corrected chi connectivity index (χ1v) is 12.8. The summed E-state index contributed by atoms with van der Waals surface area (Å²) in [5.41, 5.74) is 3.45. The van der Waals surface area contributed by atoms with Crippen LogP contribution in [0.4, 0.5) is 0 Å². The van der Waals surface area contributed by atoms with Crippen molar-refractivity contribution in [2.24, 2.45) is 5.16 Å². The fourth-order valence-corrected chi connectivity index (χ4v) is 5.22. The molecule has 2 aliphatic rings. The van der Waals surface area contributed by atoms with Gasteiger partial charge in [0.2, 0.25) is 0 Å². The molecular weight excluding hydrogens is 452 g/mol. The first-order chi connectivity index (χ1) is 17.6. The highest BCUT2D eigenvalue weighted by atomic mass is 16.4. The molecule has 188 valence electrons. The molecule has 0 amide bonds. The van der Waals surface area contributed by atoms with Gasteiger partial charge in [-0.2, -0.15) is 0 Å². The maximum absolute atomic E-state index is 9.08. The molecule has 1 atom stereocenters. The molecule has 0 radical (unpaired) electrons. The number of nitrogens with one attached hydrogen (secondary N) is 1. The largest absolute Gasteiger partial charge is 0.411 e. The Morgan fingerprint density at radius 1 is 1.03 bits per heavy atom. The number of hydrogen-bond acceptors (Lipinski definition) is 8. The summed E-state index contributed by atoms with van der Waals surface area (Å²) < 4.78 is 1.91. The Kier molecular flexibility index (Phi) is 7.48. The molecule has 3 aromatic rings. The van der Waals surface area contributed by atoms with Crippen LogP contribution in [0.1, 0.15) is 61.2 Å². The second kappa shape index (κ2) is 11.1. The number of hydrogen-bond donors (Lipinski definition) is 2. The standard InChI is InChI=1S/C27H34N8O/c1-20(30-36)25(28)22-11-13-23(14-12-22)26(34-16-6-15-33(17-18-34)24-9-5-10-24)27-29-31-32-35(27)19-21-7-3-2-4-8-21/h2-4,7-8,11-14,24,26,28,36H,5-6,9-10,15-19H2,1H3/b28-25?,30-20-. The summed E-state index contributed by atoms with van der Waals surface area (Å²) in [4.78, 5) is 5.17. The zero-order valence-electron chi connectivity index (χ0n) is 20.8. The third-order valence-electron chi connectivity index (χ3n) is 7.53. The summed E-state index contributed by atoms with van der Waals surface area (Å²) in [5.74, 6) is 0.826. The highest BCUT2D eigenvalue weighted by molar-refractivity contribution is 6.46.